The summed E-state index contributed by atoms with van der Waals surface area (Å²) in [5.74, 6) is -2.88. The van der Waals surface area contributed by atoms with Gasteiger partial charge in [0.2, 0.25) is 18.4 Å². The number of carboxylic acid groups (broad SMARTS) is 1. The summed E-state index contributed by atoms with van der Waals surface area (Å²) in [6.45, 7) is -0.165. The van der Waals surface area contributed by atoms with E-state index >= 15 is 0 Å². The highest BCUT2D eigenvalue weighted by molar-refractivity contribution is 5.76. The van der Waals surface area contributed by atoms with Crippen LogP contribution in [0.25, 0.3) is 0 Å². The number of hydrogen-bond acceptors (Lipinski definition) is 5. The monoisotopic (exact) mass is 244 g/mol. The van der Waals surface area contributed by atoms with Gasteiger partial charge in [-0.1, -0.05) is 0 Å². The van der Waals surface area contributed by atoms with Crippen molar-refractivity contribution in [1.29, 1.82) is 0 Å². The lowest BCUT2D eigenvalue weighted by Crippen LogP contribution is -2.12. The van der Waals surface area contributed by atoms with E-state index in [1.54, 1.807) is 0 Å². The van der Waals surface area contributed by atoms with Gasteiger partial charge in [0.15, 0.2) is 17.6 Å². The summed E-state index contributed by atoms with van der Waals surface area (Å²) in [6.07, 6.45) is -1.89. The van der Waals surface area contributed by atoms with E-state index in [1.165, 1.54) is 13.2 Å². The summed E-state index contributed by atoms with van der Waals surface area (Å²) in [5, 5.41) is 18.1. The Bertz CT molecular complexity index is 472. The molecule has 1 aliphatic heterocycles. The lowest BCUT2D eigenvalue weighted by molar-refractivity contribution is -0.147. The molecule has 92 valence electrons. The van der Waals surface area contributed by atoms with Crippen LogP contribution in [0.15, 0.2) is 6.07 Å². The van der Waals surface area contributed by atoms with E-state index in [0.717, 1.165) is 0 Å². The number of hydrogen-bond donors (Lipinski definition) is 2. The highest BCUT2D eigenvalue weighted by Gasteiger charge is 2.30. The molecule has 17 heavy (non-hydrogen) atoms. The van der Waals surface area contributed by atoms with Crippen LogP contribution in [-0.2, 0) is 4.79 Å². The molecule has 1 heterocycles. The van der Waals surface area contributed by atoms with Crippen LogP contribution in [0.3, 0.4) is 0 Å². The minimum absolute atomic E-state index is 0.0404. The summed E-state index contributed by atoms with van der Waals surface area (Å²) < 4.78 is 28.4. The topological polar surface area (TPSA) is 85.2 Å². The van der Waals surface area contributed by atoms with Crippen molar-refractivity contribution in [2.45, 2.75) is 6.10 Å². The van der Waals surface area contributed by atoms with Gasteiger partial charge in [-0.2, -0.15) is 4.39 Å². The Labute approximate surface area is 95.1 Å². The second kappa shape index (κ2) is 4.10. The van der Waals surface area contributed by atoms with Crippen LogP contribution >= 0.6 is 0 Å². The van der Waals surface area contributed by atoms with Crippen LogP contribution in [0.2, 0.25) is 0 Å². The Morgan fingerprint density at radius 2 is 2.29 bits per heavy atom. The van der Waals surface area contributed by atoms with E-state index in [1.807, 2.05) is 0 Å². The molecule has 0 aromatic heterocycles. The van der Waals surface area contributed by atoms with Crippen molar-refractivity contribution >= 4 is 5.97 Å². The molecule has 0 saturated carbocycles. The van der Waals surface area contributed by atoms with Crippen LogP contribution in [0.5, 0.6) is 17.2 Å². The van der Waals surface area contributed by atoms with Crippen molar-refractivity contribution in [3.8, 4) is 17.2 Å². The molecule has 2 N–H and O–H groups in total. The molecule has 1 atom stereocenters. The van der Waals surface area contributed by atoms with E-state index < -0.39 is 17.9 Å². The van der Waals surface area contributed by atoms with Gasteiger partial charge < -0.3 is 24.4 Å². The second-order valence-corrected chi connectivity index (χ2v) is 3.29. The minimum atomic E-state index is -1.89. The van der Waals surface area contributed by atoms with Gasteiger partial charge in [-0.15, -0.1) is 0 Å². The number of benzene rings is 1. The largest absolute Gasteiger partial charge is 0.493 e. The third-order valence-corrected chi connectivity index (χ3v) is 2.32. The highest BCUT2D eigenvalue weighted by Crippen LogP contribution is 2.43. The fraction of sp³-hybridized carbons (Fsp3) is 0.300. The quantitative estimate of drug-likeness (QED) is 0.813. The Balaban J connectivity index is 2.59. The van der Waals surface area contributed by atoms with Crippen molar-refractivity contribution in [3.63, 3.8) is 0 Å². The predicted octanol–water partition coefficient (Wildman–Crippen LogP) is 0.681. The van der Waals surface area contributed by atoms with Crippen LogP contribution in [0.1, 0.15) is 11.7 Å². The first-order chi connectivity index (χ1) is 8.06. The fourth-order valence-electron chi connectivity index (χ4n) is 1.55. The van der Waals surface area contributed by atoms with Crippen molar-refractivity contribution in [3.05, 3.63) is 17.4 Å². The molecule has 1 aromatic rings. The fourth-order valence-corrected chi connectivity index (χ4v) is 1.55. The van der Waals surface area contributed by atoms with Gasteiger partial charge in [-0.25, -0.2) is 4.79 Å². The van der Waals surface area contributed by atoms with E-state index in [0.29, 0.717) is 0 Å². The predicted molar refractivity (Wildman–Crippen MR) is 51.7 cm³/mol. The van der Waals surface area contributed by atoms with Crippen LogP contribution < -0.4 is 14.2 Å². The van der Waals surface area contributed by atoms with Gasteiger partial charge in [-0.3, -0.25) is 0 Å². The van der Waals surface area contributed by atoms with Crippen molar-refractivity contribution in [2.24, 2.45) is 0 Å². The number of carbonyl (C=O) groups is 1. The average Bonchev–Trinajstić information content (AvgIpc) is 2.76. The summed E-state index contributed by atoms with van der Waals surface area (Å²) in [4.78, 5) is 10.7. The molecule has 0 radical (unpaired) electrons. The Morgan fingerprint density at radius 1 is 1.59 bits per heavy atom. The summed E-state index contributed by atoms with van der Waals surface area (Å²) in [5.41, 5.74) is -0.221. The van der Waals surface area contributed by atoms with Gasteiger partial charge in [0, 0.05) is 5.56 Å². The molecule has 0 spiro atoms. The van der Waals surface area contributed by atoms with Gasteiger partial charge in [0.25, 0.3) is 0 Å². The van der Waals surface area contributed by atoms with E-state index in [9.17, 15) is 14.3 Å². The third-order valence-electron chi connectivity index (χ3n) is 2.32. The number of aliphatic carboxylic acids is 1. The smallest absolute Gasteiger partial charge is 0.337 e. The molecule has 2 rings (SSSR count). The maximum Gasteiger partial charge on any atom is 0.337 e. The summed E-state index contributed by atoms with van der Waals surface area (Å²) in [7, 11) is 1.17. The minimum Gasteiger partial charge on any atom is -0.493 e. The molecule has 1 aliphatic rings. The van der Waals surface area contributed by atoms with E-state index in [4.69, 9.17) is 19.3 Å². The number of aliphatic hydroxyl groups excluding tert-OH is 1. The first-order valence-corrected chi connectivity index (χ1v) is 4.63. The number of halogens is 1. The highest BCUT2D eigenvalue weighted by atomic mass is 19.1. The molecule has 0 aliphatic carbocycles. The maximum atomic E-state index is 13.8. The first-order valence-electron chi connectivity index (χ1n) is 4.63. The molecule has 0 bridgehead atoms. The molecule has 1 unspecified atom stereocenters. The van der Waals surface area contributed by atoms with Gasteiger partial charge in [0.1, 0.15) is 0 Å². The summed E-state index contributed by atoms with van der Waals surface area (Å²) >= 11 is 0. The number of rotatable bonds is 3. The molecular formula is C10H9FO6. The zero-order valence-electron chi connectivity index (χ0n) is 8.77. The summed E-state index contributed by atoms with van der Waals surface area (Å²) in [6, 6.07) is 1.18. The molecule has 0 amide bonds. The van der Waals surface area contributed by atoms with Crippen molar-refractivity contribution < 1.29 is 33.6 Å². The number of ether oxygens (including phenoxy) is 3. The van der Waals surface area contributed by atoms with Gasteiger partial charge in [0.05, 0.1) is 7.11 Å². The number of fused-ring (bicyclic) bond motifs is 1. The average molecular weight is 244 g/mol. The van der Waals surface area contributed by atoms with Crippen LogP contribution in [0, 0.1) is 5.82 Å². The molecule has 0 fully saturated rings. The third kappa shape index (κ3) is 1.74. The van der Waals surface area contributed by atoms with Gasteiger partial charge >= 0.3 is 5.97 Å². The van der Waals surface area contributed by atoms with E-state index in [2.05, 4.69) is 0 Å². The first kappa shape index (κ1) is 11.5. The number of methoxy groups -OCH3 is 1. The number of aliphatic hydroxyl groups is 1. The SMILES string of the molecule is COc1c(C(O)C(=O)O)cc2c(c1F)OCO2. The molecule has 6 nitrogen and oxygen atoms in total. The maximum absolute atomic E-state index is 13.8. The zero-order chi connectivity index (χ0) is 12.6. The van der Waals surface area contributed by atoms with Crippen LogP contribution in [0.4, 0.5) is 4.39 Å². The Morgan fingerprint density at radius 3 is 2.88 bits per heavy atom. The Kier molecular flexibility index (Phi) is 2.76. The molecule has 1 aromatic carbocycles. The standard InChI is InChI=1S/C10H9FO6/c1-15-8-4(7(12)10(13)14)2-5-9(6(8)11)17-3-16-5/h2,7,12H,3H2,1H3,(H,13,14). The van der Waals surface area contributed by atoms with Gasteiger partial charge in [-0.05, 0) is 6.07 Å². The molecule has 0 saturated heterocycles. The Hall–Kier alpha value is -2.02. The lowest BCUT2D eigenvalue weighted by atomic mass is 10.1. The zero-order valence-corrected chi connectivity index (χ0v) is 8.77. The lowest BCUT2D eigenvalue weighted by Gasteiger charge is -2.13. The molecule has 7 heteroatoms. The second-order valence-electron chi connectivity index (χ2n) is 3.29. The normalized spacial score (nSPS) is 14.5. The van der Waals surface area contributed by atoms with E-state index in [-0.39, 0.29) is 29.6 Å². The van der Waals surface area contributed by atoms with Crippen molar-refractivity contribution in [2.75, 3.05) is 13.9 Å². The number of carboxylic acids is 1. The van der Waals surface area contributed by atoms with Crippen LogP contribution in [-0.4, -0.2) is 30.1 Å². The van der Waals surface area contributed by atoms with Crippen molar-refractivity contribution in [1.82, 2.24) is 0 Å². The molecular weight excluding hydrogens is 235 g/mol.